The first-order valence-corrected chi connectivity index (χ1v) is 11.2. The minimum Gasteiger partial charge on any atom is -0.378 e. The molecule has 1 N–H and O–H groups in total. The summed E-state index contributed by atoms with van der Waals surface area (Å²) in [5, 5.41) is 0. The lowest BCUT2D eigenvalue weighted by Gasteiger charge is -2.26. The quantitative estimate of drug-likeness (QED) is 0.683. The molecule has 1 aromatic heterocycles. The number of carbonyl (C=O) groups is 1. The topological polar surface area (TPSA) is 75.7 Å². The second-order valence-electron chi connectivity index (χ2n) is 5.27. The van der Waals surface area contributed by atoms with Gasteiger partial charge in [0, 0.05) is 28.8 Å². The zero-order valence-corrected chi connectivity index (χ0v) is 17.7. The van der Waals surface area contributed by atoms with Crippen molar-refractivity contribution in [2.24, 2.45) is 0 Å². The molecule has 1 saturated heterocycles. The summed E-state index contributed by atoms with van der Waals surface area (Å²) in [6, 6.07) is 7.95. The number of anilines is 1. The van der Waals surface area contributed by atoms with Crippen LogP contribution in [-0.4, -0.2) is 45.5 Å². The fourth-order valence-electron chi connectivity index (χ4n) is 2.29. The Morgan fingerprint density at radius 2 is 1.80 bits per heavy atom. The average Bonchev–Trinajstić information content (AvgIpc) is 2.95. The van der Waals surface area contributed by atoms with Crippen molar-refractivity contribution in [3.8, 4) is 0 Å². The van der Waals surface area contributed by atoms with Gasteiger partial charge < -0.3 is 9.64 Å². The highest BCUT2D eigenvalue weighted by molar-refractivity contribution is 9.13. The van der Waals surface area contributed by atoms with Gasteiger partial charge in [-0.05, 0) is 62.2 Å². The lowest BCUT2D eigenvalue weighted by Crippen LogP contribution is -2.40. The van der Waals surface area contributed by atoms with E-state index in [-0.39, 0.29) is 10.1 Å². The van der Waals surface area contributed by atoms with Crippen molar-refractivity contribution in [1.82, 2.24) is 4.90 Å². The Morgan fingerprint density at radius 3 is 2.36 bits per heavy atom. The van der Waals surface area contributed by atoms with E-state index < -0.39 is 10.0 Å². The second-order valence-corrected chi connectivity index (χ2v) is 10.4. The fraction of sp³-hybridized carbons (Fsp3) is 0.267. The number of amides is 1. The first-order chi connectivity index (χ1) is 11.9. The van der Waals surface area contributed by atoms with Crippen molar-refractivity contribution in [3.05, 3.63) is 44.2 Å². The van der Waals surface area contributed by atoms with E-state index in [2.05, 4.69) is 36.6 Å². The molecule has 0 spiro atoms. The molecule has 1 fully saturated rings. The Morgan fingerprint density at radius 1 is 1.16 bits per heavy atom. The molecule has 25 heavy (non-hydrogen) atoms. The van der Waals surface area contributed by atoms with Gasteiger partial charge in [0.1, 0.15) is 4.21 Å². The number of carbonyl (C=O) groups excluding carboxylic acids is 1. The maximum Gasteiger partial charge on any atom is 0.271 e. The maximum atomic E-state index is 12.4. The van der Waals surface area contributed by atoms with Crippen LogP contribution in [0.4, 0.5) is 5.69 Å². The Hall–Kier alpha value is -0.940. The third kappa shape index (κ3) is 4.43. The smallest absolute Gasteiger partial charge is 0.271 e. The molecule has 0 bridgehead atoms. The molecule has 1 aromatic carbocycles. The molecule has 1 aliphatic rings. The van der Waals surface area contributed by atoms with Gasteiger partial charge in [0.05, 0.1) is 17.0 Å². The summed E-state index contributed by atoms with van der Waals surface area (Å²) in [5.74, 6) is -0.0798. The number of thiophene rings is 1. The molecule has 0 radical (unpaired) electrons. The molecular formula is C15H14Br2N2O4S2. The number of benzene rings is 1. The van der Waals surface area contributed by atoms with Crippen molar-refractivity contribution in [1.29, 1.82) is 0 Å². The molecule has 134 valence electrons. The molecule has 0 aliphatic carbocycles. The summed E-state index contributed by atoms with van der Waals surface area (Å²) in [6.45, 7) is 2.20. The minimum absolute atomic E-state index is 0.0798. The summed E-state index contributed by atoms with van der Waals surface area (Å²) in [6.07, 6.45) is 0. The average molecular weight is 510 g/mol. The molecule has 1 aliphatic heterocycles. The second kappa shape index (κ2) is 7.75. The summed E-state index contributed by atoms with van der Waals surface area (Å²) < 4.78 is 34.1. The third-order valence-electron chi connectivity index (χ3n) is 3.57. The first kappa shape index (κ1) is 18.8. The molecule has 6 nitrogen and oxygen atoms in total. The summed E-state index contributed by atoms with van der Waals surface area (Å²) in [4.78, 5) is 14.1. The van der Waals surface area contributed by atoms with Crippen molar-refractivity contribution in [2.75, 3.05) is 31.0 Å². The van der Waals surface area contributed by atoms with E-state index in [1.54, 1.807) is 29.2 Å². The van der Waals surface area contributed by atoms with Crippen LogP contribution in [0.15, 0.2) is 42.8 Å². The van der Waals surface area contributed by atoms with Gasteiger partial charge >= 0.3 is 0 Å². The number of rotatable bonds is 4. The van der Waals surface area contributed by atoms with Crippen molar-refractivity contribution >= 4 is 64.8 Å². The van der Waals surface area contributed by atoms with Crippen LogP contribution < -0.4 is 4.72 Å². The van der Waals surface area contributed by atoms with Gasteiger partial charge in [0.25, 0.3) is 15.9 Å². The van der Waals surface area contributed by atoms with Gasteiger partial charge in [-0.25, -0.2) is 8.42 Å². The van der Waals surface area contributed by atoms with E-state index >= 15 is 0 Å². The summed E-state index contributed by atoms with van der Waals surface area (Å²) in [5.41, 5.74) is 0.922. The predicted molar refractivity (Wildman–Crippen MR) is 104 cm³/mol. The number of nitrogens with zero attached hydrogens (tertiary/aromatic N) is 1. The number of morpholine rings is 1. The predicted octanol–water partition coefficient (Wildman–Crippen LogP) is 3.55. The van der Waals surface area contributed by atoms with Crippen LogP contribution in [0.25, 0.3) is 0 Å². The van der Waals surface area contributed by atoms with Gasteiger partial charge in [-0.1, -0.05) is 0 Å². The van der Waals surface area contributed by atoms with Gasteiger partial charge in [0.2, 0.25) is 0 Å². The Labute approximate surface area is 166 Å². The van der Waals surface area contributed by atoms with Crippen molar-refractivity contribution in [2.45, 2.75) is 4.21 Å². The molecule has 0 saturated carbocycles. The highest BCUT2D eigenvalue weighted by Crippen LogP contribution is 2.35. The molecular weight excluding hydrogens is 496 g/mol. The number of sulfonamides is 1. The van der Waals surface area contributed by atoms with Gasteiger partial charge in [-0.3, -0.25) is 9.52 Å². The number of hydrogen-bond donors (Lipinski definition) is 1. The number of halogens is 2. The molecule has 2 aromatic rings. The van der Waals surface area contributed by atoms with E-state index in [0.29, 0.717) is 45.8 Å². The van der Waals surface area contributed by atoms with Crippen LogP contribution >= 0.6 is 43.2 Å². The third-order valence-corrected chi connectivity index (χ3v) is 8.68. The van der Waals surface area contributed by atoms with Crippen LogP contribution in [0.3, 0.4) is 0 Å². The number of hydrogen-bond acceptors (Lipinski definition) is 5. The minimum atomic E-state index is -3.67. The van der Waals surface area contributed by atoms with Crippen LogP contribution in [-0.2, 0) is 14.8 Å². The maximum absolute atomic E-state index is 12.4. The molecule has 0 unspecified atom stereocenters. The molecule has 10 heteroatoms. The number of ether oxygens (including phenoxy) is 1. The van der Waals surface area contributed by atoms with Gasteiger partial charge in [-0.15, -0.1) is 11.3 Å². The highest BCUT2D eigenvalue weighted by Gasteiger charge is 2.21. The monoisotopic (exact) mass is 508 g/mol. The largest absolute Gasteiger partial charge is 0.378 e. The molecule has 1 amide bonds. The Balaban J connectivity index is 1.73. The first-order valence-electron chi connectivity index (χ1n) is 7.31. The van der Waals surface area contributed by atoms with Gasteiger partial charge in [-0.2, -0.15) is 0 Å². The Kier molecular flexibility index (Phi) is 5.84. The van der Waals surface area contributed by atoms with Gasteiger partial charge in [0.15, 0.2) is 0 Å². The van der Waals surface area contributed by atoms with E-state index in [1.165, 1.54) is 6.07 Å². The zero-order valence-electron chi connectivity index (χ0n) is 12.9. The van der Waals surface area contributed by atoms with Crippen LogP contribution in [0.2, 0.25) is 0 Å². The standard InChI is InChI=1S/C15H14Br2N2O4S2/c16-12-9-13(24-14(12)17)25(21,22)18-11-3-1-10(2-4-11)15(20)19-5-7-23-8-6-19/h1-4,9,18H,5-8H2. The molecule has 0 atom stereocenters. The summed E-state index contributed by atoms with van der Waals surface area (Å²) in [7, 11) is -3.67. The zero-order chi connectivity index (χ0) is 18.0. The van der Waals surface area contributed by atoms with E-state index in [9.17, 15) is 13.2 Å². The van der Waals surface area contributed by atoms with Crippen LogP contribution in [0, 0.1) is 0 Å². The van der Waals surface area contributed by atoms with Crippen molar-refractivity contribution in [3.63, 3.8) is 0 Å². The molecule has 2 heterocycles. The van der Waals surface area contributed by atoms with Crippen LogP contribution in [0.5, 0.6) is 0 Å². The number of nitrogens with one attached hydrogen (secondary N) is 1. The Bertz CT molecular complexity index is 856. The molecule has 3 rings (SSSR count). The van der Waals surface area contributed by atoms with E-state index in [0.717, 1.165) is 11.3 Å². The fourth-order valence-corrected chi connectivity index (χ4v) is 6.17. The summed E-state index contributed by atoms with van der Waals surface area (Å²) >= 11 is 7.68. The normalized spacial score (nSPS) is 15.2. The van der Waals surface area contributed by atoms with Crippen molar-refractivity contribution < 1.29 is 17.9 Å². The lowest BCUT2D eigenvalue weighted by molar-refractivity contribution is 0.0303. The highest BCUT2D eigenvalue weighted by atomic mass is 79.9. The lowest BCUT2D eigenvalue weighted by atomic mass is 10.2. The SMILES string of the molecule is O=C(c1ccc(NS(=O)(=O)c2cc(Br)c(Br)s2)cc1)N1CCOCC1. The van der Waals surface area contributed by atoms with Crippen LogP contribution in [0.1, 0.15) is 10.4 Å². The van der Waals surface area contributed by atoms with E-state index in [1.807, 2.05) is 0 Å². The van der Waals surface area contributed by atoms with E-state index in [4.69, 9.17) is 4.74 Å².